The Hall–Kier alpha value is -3.07. The lowest BCUT2D eigenvalue weighted by Gasteiger charge is -2.13. The fraction of sp³-hybridized carbons (Fsp3) is 0.269. The van der Waals surface area contributed by atoms with Crippen molar-refractivity contribution in [2.75, 3.05) is 0 Å². The number of para-hydroxylation sites is 1. The van der Waals surface area contributed by atoms with E-state index in [2.05, 4.69) is 42.5 Å². The maximum absolute atomic E-state index is 11.1. The topological polar surface area (TPSA) is 46.5 Å². The number of hydrogen-bond donors (Lipinski definition) is 1. The molecule has 0 saturated heterocycles. The number of carboxylic acid groups (broad SMARTS) is 1. The van der Waals surface area contributed by atoms with E-state index in [4.69, 9.17) is 9.84 Å². The minimum Gasteiger partial charge on any atom is -0.489 e. The molecule has 0 atom stereocenters. The first kappa shape index (κ1) is 19.3. The van der Waals surface area contributed by atoms with Gasteiger partial charge in [0.05, 0.1) is 6.42 Å². The molecule has 1 fully saturated rings. The van der Waals surface area contributed by atoms with Crippen LogP contribution in [-0.4, -0.2) is 11.1 Å². The average Bonchev–Trinajstić information content (AvgIpc) is 3.28. The van der Waals surface area contributed by atoms with Crippen LogP contribution in [0.25, 0.3) is 11.1 Å². The molecular weight excluding hydrogens is 360 g/mol. The zero-order valence-corrected chi connectivity index (χ0v) is 16.5. The zero-order chi connectivity index (χ0) is 20.1. The summed E-state index contributed by atoms with van der Waals surface area (Å²) in [6.45, 7) is 0.410. The van der Waals surface area contributed by atoms with Crippen molar-refractivity contribution in [3.8, 4) is 16.9 Å². The first-order chi connectivity index (χ1) is 14.2. The summed E-state index contributed by atoms with van der Waals surface area (Å²) in [6.07, 6.45) is 5.24. The first-order valence-corrected chi connectivity index (χ1v) is 10.3. The molecule has 1 N–H and O–H groups in total. The van der Waals surface area contributed by atoms with E-state index in [1.807, 2.05) is 24.3 Å². The van der Waals surface area contributed by atoms with Crippen molar-refractivity contribution in [3.05, 3.63) is 89.5 Å². The van der Waals surface area contributed by atoms with Gasteiger partial charge in [-0.3, -0.25) is 4.79 Å². The van der Waals surface area contributed by atoms with Crippen LogP contribution in [-0.2, 0) is 17.8 Å². The number of ether oxygens (including phenoxy) is 1. The second-order valence-electron chi connectivity index (χ2n) is 7.77. The maximum Gasteiger partial charge on any atom is 0.307 e. The second kappa shape index (κ2) is 8.95. The van der Waals surface area contributed by atoms with Crippen LogP contribution in [0.2, 0.25) is 0 Å². The standard InChI is InChI=1S/C26H26O3/c27-26(28)17-24-10-3-4-14-25(24)29-18-19-7-5-11-21(15-19)23-13-6-12-22(16-23)20-8-1-2-9-20/h3-7,10-16,20H,1-2,8-9,17-18H2,(H,27,28). The van der Waals surface area contributed by atoms with Crippen LogP contribution in [0.15, 0.2) is 72.8 Å². The van der Waals surface area contributed by atoms with E-state index in [9.17, 15) is 4.79 Å². The van der Waals surface area contributed by atoms with E-state index >= 15 is 0 Å². The van der Waals surface area contributed by atoms with Gasteiger partial charge in [-0.05, 0) is 53.1 Å². The first-order valence-electron chi connectivity index (χ1n) is 10.3. The minimum absolute atomic E-state index is 0.0375. The number of rotatable bonds is 7. The Morgan fingerprint density at radius 3 is 2.41 bits per heavy atom. The van der Waals surface area contributed by atoms with Crippen LogP contribution >= 0.6 is 0 Å². The predicted molar refractivity (Wildman–Crippen MR) is 115 cm³/mol. The summed E-state index contributed by atoms with van der Waals surface area (Å²) in [4.78, 5) is 11.1. The normalized spacial score (nSPS) is 14.1. The number of carboxylic acids is 1. The van der Waals surface area contributed by atoms with Crippen LogP contribution in [0, 0.1) is 0 Å². The molecule has 0 unspecified atom stereocenters. The Bertz CT molecular complexity index is 987. The van der Waals surface area contributed by atoms with Crippen molar-refractivity contribution in [2.45, 2.75) is 44.6 Å². The molecule has 0 radical (unpaired) electrons. The molecule has 148 valence electrons. The molecule has 0 aromatic heterocycles. The van der Waals surface area contributed by atoms with Crippen LogP contribution in [0.1, 0.15) is 48.3 Å². The molecule has 0 spiro atoms. The van der Waals surface area contributed by atoms with Crippen molar-refractivity contribution < 1.29 is 14.6 Å². The molecule has 3 aromatic rings. The van der Waals surface area contributed by atoms with Gasteiger partial charge >= 0.3 is 5.97 Å². The quantitative estimate of drug-likeness (QED) is 0.524. The molecule has 3 heteroatoms. The van der Waals surface area contributed by atoms with Crippen LogP contribution in [0.4, 0.5) is 0 Å². The largest absolute Gasteiger partial charge is 0.489 e. The Morgan fingerprint density at radius 2 is 1.62 bits per heavy atom. The van der Waals surface area contributed by atoms with Gasteiger partial charge in [0.1, 0.15) is 12.4 Å². The lowest BCUT2D eigenvalue weighted by atomic mass is 9.93. The SMILES string of the molecule is O=C(O)Cc1ccccc1OCc1cccc(-c2cccc(C3CCCC3)c2)c1. The molecule has 1 aliphatic carbocycles. The molecule has 29 heavy (non-hydrogen) atoms. The van der Waals surface area contributed by atoms with Gasteiger partial charge in [-0.15, -0.1) is 0 Å². The Balaban J connectivity index is 1.50. The maximum atomic E-state index is 11.1. The number of benzene rings is 3. The monoisotopic (exact) mass is 386 g/mol. The molecule has 0 bridgehead atoms. The van der Waals surface area contributed by atoms with Gasteiger partial charge in [0.25, 0.3) is 0 Å². The van der Waals surface area contributed by atoms with Crippen molar-refractivity contribution in [1.29, 1.82) is 0 Å². The Kier molecular flexibility index (Phi) is 5.95. The van der Waals surface area contributed by atoms with Gasteiger partial charge < -0.3 is 9.84 Å². The average molecular weight is 386 g/mol. The molecule has 4 rings (SSSR count). The van der Waals surface area contributed by atoms with Gasteiger partial charge in [-0.1, -0.05) is 73.5 Å². The van der Waals surface area contributed by atoms with Gasteiger partial charge in [0, 0.05) is 5.56 Å². The van der Waals surface area contributed by atoms with Crippen molar-refractivity contribution >= 4 is 5.97 Å². The van der Waals surface area contributed by atoms with Crippen molar-refractivity contribution in [1.82, 2.24) is 0 Å². The van der Waals surface area contributed by atoms with E-state index in [0.29, 0.717) is 23.8 Å². The molecule has 3 aromatic carbocycles. The summed E-state index contributed by atoms with van der Waals surface area (Å²) >= 11 is 0. The summed E-state index contributed by atoms with van der Waals surface area (Å²) in [6, 6.07) is 24.6. The fourth-order valence-corrected chi connectivity index (χ4v) is 4.19. The number of hydrogen-bond acceptors (Lipinski definition) is 2. The molecular formula is C26H26O3. The van der Waals surface area contributed by atoms with Gasteiger partial charge in [-0.2, -0.15) is 0 Å². The smallest absolute Gasteiger partial charge is 0.307 e. The highest BCUT2D eigenvalue weighted by Crippen LogP contribution is 2.35. The summed E-state index contributed by atoms with van der Waals surface area (Å²) in [5, 5.41) is 9.08. The highest BCUT2D eigenvalue weighted by molar-refractivity contribution is 5.71. The summed E-state index contributed by atoms with van der Waals surface area (Å²) < 4.78 is 5.96. The Morgan fingerprint density at radius 1 is 0.897 bits per heavy atom. The predicted octanol–water partition coefficient (Wildman–Crippen LogP) is 6.22. The third-order valence-electron chi connectivity index (χ3n) is 5.68. The third-order valence-corrected chi connectivity index (χ3v) is 5.68. The van der Waals surface area contributed by atoms with E-state index in [1.54, 1.807) is 6.07 Å². The summed E-state index contributed by atoms with van der Waals surface area (Å²) in [5.41, 5.74) is 5.64. The molecule has 1 saturated carbocycles. The lowest BCUT2D eigenvalue weighted by Crippen LogP contribution is -2.04. The van der Waals surface area contributed by atoms with Crippen LogP contribution in [0.3, 0.4) is 0 Å². The van der Waals surface area contributed by atoms with E-state index in [1.165, 1.54) is 42.4 Å². The highest BCUT2D eigenvalue weighted by Gasteiger charge is 2.17. The molecule has 0 heterocycles. The zero-order valence-electron chi connectivity index (χ0n) is 16.5. The summed E-state index contributed by atoms with van der Waals surface area (Å²) in [5.74, 6) is 0.473. The number of carbonyl (C=O) groups is 1. The fourth-order valence-electron chi connectivity index (χ4n) is 4.19. The van der Waals surface area contributed by atoms with E-state index < -0.39 is 5.97 Å². The molecule has 0 amide bonds. The lowest BCUT2D eigenvalue weighted by molar-refractivity contribution is -0.136. The van der Waals surface area contributed by atoms with Gasteiger partial charge in [-0.25, -0.2) is 0 Å². The minimum atomic E-state index is -0.856. The Labute approximate surface area is 172 Å². The molecule has 1 aliphatic rings. The third kappa shape index (κ3) is 4.86. The van der Waals surface area contributed by atoms with E-state index in [-0.39, 0.29) is 6.42 Å². The van der Waals surface area contributed by atoms with Gasteiger partial charge in [0.15, 0.2) is 0 Å². The number of aliphatic carboxylic acids is 1. The molecule has 3 nitrogen and oxygen atoms in total. The summed E-state index contributed by atoms with van der Waals surface area (Å²) in [7, 11) is 0. The van der Waals surface area contributed by atoms with E-state index in [0.717, 1.165) is 5.56 Å². The van der Waals surface area contributed by atoms with Crippen molar-refractivity contribution in [3.63, 3.8) is 0 Å². The van der Waals surface area contributed by atoms with Gasteiger partial charge in [0.2, 0.25) is 0 Å². The van der Waals surface area contributed by atoms with Crippen molar-refractivity contribution in [2.24, 2.45) is 0 Å². The molecule has 0 aliphatic heterocycles. The van der Waals surface area contributed by atoms with Crippen LogP contribution < -0.4 is 4.74 Å². The highest BCUT2D eigenvalue weighted by atomic mass is 16.5. The van der Waals surface area contributed by atoms with Crippen LogP contribution in [0.5, 0.6) is 5.75 Å². The second-order valence-corrected chi connectivity index (χ2v) is 7.77.